The van der Waals surface area contributed by atoms with Crippen LogP contribution in [0.15, 0.2) is 0 Å². The van der Waals surface area contributed by atoms with Gasteiger partial charge in [-0.3, -0.25) is 0 Å². The van der Waals surface area contributed by atoms with Crippen LogP contribution in [0.1, 0.15) is 23.2 Å². The molecule has 6 heteroatoms. The second-order valence-corrected chi connectivity index (χ2v) is 6.19. The Kier molecular flexibility index (Phi) is 4.91. The second-order valence-electron chi connectivity index (χ2n) is 4.99. The lowest BCUT2D eigenvalue weighted by Gasteiger charge is -2.15. The number of aryl methyl sites for hydroxylation is 2. The van der Waals surface area contributed by atoms with Gasteiger partial charge in [0, 0.05) is 24.4 Å². The van der Waals surface area contributed by atoms with E-state index in [1.807, 2.05) is 0 Å². The van der Waals surface area contributed by atoms with Crippen LogP contribution in [0, 0.1) is 13.8 Å². The van der Waals surface area contributed by atoms with Gasteiger partial charge in [0.2, 0.25) is 0 Å². The van der Waals surface area contributed by atoms with Crippen molar-refractivity contribution in [1.82, 2.24) is 9.97 Å². The van der Waals surface area contributed by atoms with E-state index < -0.39 is 0 Å². The van der Waals surface area contributed by atoms with Crippen LogP contribution in [-0.2, 0) is 11.2 Å². The summed E-state index contributed by atoms with van der Waals surface area (Å²) in [5.74, 6) is 1.69. The van der Waals surface area contributed by atoms with Crippen molar-refractivity contribution in [1.29, 1.82) is 0 Å². The van der Waals surface area contributed by atoms with Crippen molar-refractivity contribution in [2.24, 2.45) is 5.73 Å². The number of nitrogens with two attached hydrogens (primary N) is 1. The fourth-order valence-electron chi connectivity index (χ4n) is 2.16. The van der Waals surface area contributed by atoms with E-state index in [2.05, 4.69) is 36.1 Å². The molecule has 0 saturated heterocycles. The summed E-state index contributed by atoms with van der Waals surface area (Å²) in [4.78, 5) is 11.6. The average molecular weight is 294 g/mol. The Hall–Kier alpha value is -1.24. The molecule has 2 aromatic heterocycles. The summed E-state index contributed by atoms with van der Waals surface area (Å²) in [7, 11) is 1.70. The Balaban J connectivity index is 2.47. The zero-order chi connectivity index (χ0) is 14.7. The third-order valence-corrected chi connectivity index (χ3v) is 4.34. The van der Waals surface area contributed by atoms with Crippen molar-refractivity contribution in [2.75, 3.05) is 25.6 Å². The quantitative estimate of drug-likeness (QED) is 0.855. The molecule has 0 saturated carbocycles. The molecule has 0 bridgehead atoms. The van der Waals surface area contributed by atoms with Gasteiger partial charge in [-0.1, -0.05) is 0 Å². The average Bonchev–Trinajstić information content (AvgIpc) is 2.66. The van der Waals surface area contributed by atoms with Crippen LogP contribution in [0.3, 0.4) is 0 Å². The third kappa shape index (κ3) is 3.08. The van der Waals surface area contributed by atoms with Crippen LogP contribution in [-0.4, -0.2) is 36.3 Å². The number of nitrogens with zero attached hydrogens (tertiary/aromatic N) is 2. The van der Waals surface area contributed by atoms with Crippen LogP contribution in [0.5, 0.6) is 0 Å². The van der Waals surface area contributed by atoms with Gasteiger partial charge in [-0.15, -0.1) is 11.3 Å². The molecule has 110 valence electrons. The Morgan fingerprint density at radius 1 is 1.35 bits per heavy atom. The first kappa shape index (κ1) is 15.2. The van der Waals surface area contributed by atoms with Gasteiger partial charge >= 0.3 is 0 Å². The zero-order valence-corrected chi connectivity index (χ0v) is 13.3. The van der Waals surface area contributed by atoms with Crippen molar-refractivity contribution in [3.63, 3.8) is 0 Å². The molecule has 0 fully saturated rings. The number of nitrogens with one attached hydrogen (secondary N) is 1. The van der Waals surface area contributed by atoms with Crippen molar-refractivity contribution < 1.29 is 4.74 Å². The molecule has 0 aliphatic rings. The van der Waals surface area contributed by atoms with Gasteiger partial charge in [-0.25, -0.2) is 9.97 Å². The Labute approximate surface area is 123 Å². The maximum atomic E-state index is 5.62. The molecule has 1 atom stereocenters. The van der Waals surface area contributed by atoms with Gasteiger partial charge in [0.15, 0.2) is 0 Å². The van der Waals surface area contributed by atoms with Crippen LogP contribution in [0.2, 0.25) is 0 Å². The number of thiophene rings is 1. The molecule has 0 radical (unpaired) electrons. The van der Waals surface area contributed by atoms with E-state index in [0.29, 0.717) is 19.6 Å². The molecule has 0 unspecified atom stereocenters. The number of ether oxygens (including phenoxy) is 1. The van der Waals surface area contributed by atoms with E-state index in [1.165, 1.54) is 10.4 Å². The predicted molar refractivity (Wildman–Crippen MR) is 84.6 cm³/mol. The maximum Gasteiger partial charge on any atom is 0.139 e. The molecule has 3 N–H and O–H groups in total. The fraction of sp³-hybridized carbons (Fsp3) is 0.571. The largest absolute Gasteiger partial charge is 0.383 e. The Morgan fingerprint density at radius 2 is 2.10 bits per heavy atom. The third-order valence-electron chi connectivity index (χ3n) is 3.24. The van der Waals surface area contributed by atoms with Gasteiger partial charge < -0.3 is 15.8 Å². The molecule has 2 heterocycles. The molecule has 0 aliphatic heterocycles. The summed E-state index contributed by atoms with van der Waals surface area (Å²) in [6.07, 6.45) is 0.694. The molecule has 0 amide bonds. The molecule has 0 aromatic carbocycles. The van der Waals surface area contributed by atoms with Crippen LogP contribution >= 0.6 is 11.3 Å². The first-order valence-corrected chi connectivity index (χ1v) is 7.60. The number of fused-ring (bicyclic) bond motifs is 1. The molecule has 2 aromatic rings. The number of anilines is 1. The highest BCUT2D eigenvalue weighted by Gasteiger charge is 2.15. The van der Waals surface area contributed by atoms with Crippen LogP contribution in [0.25, 0.3) is 10.2 Å². The van der Waals surface area contributed by atoms with E-state index >= 15 is 0 Å². The van der Waals surface area contributed by atoms with Crippen molar-refractivity contribution in [3.8, 4) is 0 Å². The van der Waals surface area contributed by atoms with Gasteiger partial charge in [0.1, 0.15) is 16.5 Å². The van der Waals surface area contributed by atoms with E-state index in [0.717, 1.165) is 21.9 Å². The first-order chi connectivity index (χ1) is 9.56. The highest BCUT2D eigenvalue weighted by molar-refractivity contribution is 7.18. The highest BCUT2D eigenvalue weighted by Crippen LogP contribution is 2.33. The molecular weight excluding hydrogens is 272 g/mol. The molecule has 0 aliphatic carbocycles. The topological polar surface area (TPSA) is 73.1 Å². The number of rotatable bonds is 6. The van der Waals surface area contributed by atoms with Crippen molar-refractivity contribution in [3.05, 3.63) is 16.3 Å². The first-order valence-electron chi connectivity index (χ1n) is 6.79. The molecule has 5 nitrogen and oxygen atoms in total. The predicted octanol–water partition coefficient (Wildman–Crippen LogP) is 2.26. The minimum Gasteiger partial charge on any atom is -0.383 e. The molecule has 2 rings (SSSR count). The number of hydrogen-bond acceptors (Lipinski definition) is 6. The molecule has 0 spiro atoms. The molecular formula is C14H22N4OS. The maximum absolute atomic E-state index is 5.62. The summed E-state index contributed by atoms with van der Waals surface area (Å²) in [6.45, 7) is 7.51. The number of methoxy groups -OCH3 is 1. The standard InChI is InChI=1S/C14H22N4OS/c1-8(7-19-4)16-13-12-9(2)10(3)20-14(12)18-11(17-13)5-6-15/h8H,5-7,15H2,1-4H3,(H,16,17,18)/t8-/m0/s1. The minimum atomic E-state index is 0.198. The van der Waals surface area contributed by atoms with E-state index in [9.17, 15) is 0 Å². The smallest absolute Gasteiger partial charge is 0.139 e. The number of hydrogen-bond donors (Lipinski definition) is 2. The SMILES string of the molecule is COC[C@H](C)Nc1nc(CCN)nc2sc(C)c(C)c12. The van der Waals surface area contributed by atoms with Crippen LogP contribution < -0.4 is 11.1 Å². The van der Waals surface area contributed by atoms with Gasteiger partial charge in [0.25, 0.3) is 0 Å². The van der Waals surface area contributed by atoms with Gasteiger partial charge in [-0.2, -0.15) is 0 Å². The minimum absolute atomic E-state index is 0.198. The van der Waals surface area contributed by atoms with Crippen molar-refractivity contribution >= 4 is 27.4 Å². The van der Waals surface area contributed by atoms with Crippen molar-refractivity contribution in [2.45, 2.75) is 33.2 Å². The highest BCUT2D eigenvalue weighted by atomic mass is 32.1. The fourth-order valence-corrected chi connectivity index (χ4v) is 3.21. The lowest BCUT2D eigenvalue weighted by atomic mass is 10.2. The molecule has 20 heavy (non-hydrogen) atoms. The Morgan fingerprint density at radius 3 is 2.75 bits per heavy atom. The zero-order valence-electron chi connectivity index (χ0n) is 12.5. The second kappa shape index (κ2) is 6.47. The lowest BCUT2D eigenvalue weighted by molar-refractivity contribution is 0.190. The number of aromatic nitrogens is 2. The van der Waals surface area contributed by atoms with E-state index in [4.69, 9.17) is 10.5 Å². The summed E-state index contributed by atoms with van der Waals surface area (Å²) in [6, 6.07) is 0.198. The summed E-state index contributed by atoms with van der Waals surface area (Å²) >= 11 is 1.71. The summed E-state index contributed by atoms with van der Waals surface area (Å²) < 4.78 is 5.18. The van der Waals surface area contributed by atoms with Gasteiger partial charge in [-0.05, 0) is 32.9 Å². The monoisotopic (exact) mass is 294 g/mol. The normalized spacial score (nSPS) is 12.8. The van der Waals surface area contributed by atoms with Gasteiger partial charge in [0.05, 0.1) is 12.0 Å². The summed E-state index contributed by atoms with van der Waals surface area (Å²) in [5, 5.41) is 4.55. The van der Waals surface area contributed by atoms with E-state index in [1.54, 1.807) is 18.4 Å². The Bertz CT molecular complexity index is 596. The summed E-state index contributed by atoms with van der Waals surface area (Å²) in [5.41, 5.74) is 6.87. The van der Waals surface area contributed by atoms with Crippen LogP contribution in [0.4, 0.5) is 5.82 Å². The lowest BCUT2D eigenvalue weighted by Crippen LogP contribution is -2.22. The van der Waals surface area contributed by atoms with E-state index in [-0.39, 0.29) is 6.04 Å².